The quantitative estimate of drug-likeness (QED) is 0.279. The van der Waals surface area contributed by atoms with Gasteiger partial charge >= 0.3 is 6.18 Å². The molecule has 0 aliphatic heterocycles. The molecule has 11 heteroatoms. The van der Waals surface area contributed by atoms with Crippen LogP contribution in [-0.2, 0) is 17.6 Å². The van der Waals surface area contributed by atoms with E-state index in [0.29, 0.717) is 27.4 Å². The van der Waals surface area contributed by atoms with E-state index in [0.717, 1.165) is 23.9 Å². The van der Waals surface area contributed by atoms with E-state index in [1.54, 1.807) is 28.8 Å². The molecule has 0 spiro atoms. The Labute approximate surface area is 208 Å². The molecule has 0 aliphatic rings. The van der Waals surface area contributed by atoms with Gasteiger partial charge in [0.25, 0.3) is 0 Å². The predicted octanol–water partition coefficient (Wildman–Crippen LogP) is 6.25. The highest BCUT2D eigenvalue weighted by Gasteiger charge is 2.30. The van der Waals surface area contributed by atoms with Crippen LogP contribution in [0.25, 0.3) is 5.69 Å². The largest absolute Gasteiger partial charge is 0.486 e. The number of ether oxygens (including phenoxy) is 1. The lowest BCUT2D eigenvalue weighted by Crippen LogP contribution is -2.15. The summed E-state index contributed by atoms with van der Waals surface area (Å²) in [6.45, 7) is 0.122. The predicted molar refractivity (Wildman–Crippen MR) is 128 cm³/mol. The Balaban J connectivity index is 1.49. The second-order valence-electron chi connectivity index (χ2n) is 7.23. The number of halogens is 4. The van der Waals surface area contributed by atoms with E-state index in [4.69, 9.17) is 16.3 Å². The summed E-state index contributed by atoms with van der Waals surface area (Å²) in [4.78, 5) is 12.4. The number of hydrogen-bond donors (Lipinski definition) is 1. The molecule has 4 aromatic rings. The van der Waals surface area contributed by atoms with Gasteiger partial charge in [0.15, 0.2) is 11.0 Å². The molecule has 180 valence electrons. The maximum absolute atomic E-state index is 12.9. The molecule has 1 amide bonds. The fraction of sp³-hybridized carbons (Fsp3) is 0.125. The first-order chi connectivity index (χ1) is 16.8. The minimum atomic E-state index is -4.50. The highest BCUT2D eigenvalue weighted by atomic mass is 35.5. The molecule has 0 aliphatic carbocycles. The molecule has 0 unspecified atom stereocenters. The Hall–Kier alpha value is -3.50. The zero-order valence-corrected chi connectivity index (χ0v) is 19.6. The Morgan fingerprint density at radius 2 is 1.74 bits per heavy atom. The van der Waals surface area contributed by atoms with Crippen LogP contribution in [0.5, 0.6) is 5.75 Å². The minimum absolute atomic E-state index is 0.0570. The smallest absolute Gasteiger partial charge is 0.416 e. The average molecular weight is 519 g/mol. The molecule has 0 saturated heterocycles. The van der Waals surface area contributed by atoms with E-state index in [1.807, 2.05) is 30.3 Å². The van der Waals surface area contributed by atoms with Crippen molar-refractivity contribution in [3.05, 3.63) is 95.3 Å². The van der Waals surface area contributed by atoms with E-state index < -0.39 is 17.6 Å². The average Bonchev–Trinajstić information content (AvgIpc) is 3.25. The molecule has 4 rings (SSSR count). The number of hydrogen-bond acceptors (Lipinski definition) is 5. The Kier molecular flexibility index (Phi) is 7.62. The molecule has 6 nitrogen and oxygen atoms in total. The first kappa shape index (κ1) is 24.6. The third-order valence-electron chi connectivity index (χ3n) is 4.70. The summed E-state index contributed by atoms with van der Waals surface area (Å²) in [5.41, 5.74) is -0.0677. The Morgan fingerprint density at radius 1 is 1.00 bits per heavy atom. The zero-order chi connectivity index (χ0) is 24.8. The van der Waals surface area contributed by atoms with Gasteiger partial charge in [-0.3, -0.25) is 9.36 Å². The maximum atomic E-state index is 12.9. The minimum Gasteiger partial charge on any atom is -0.486 e. The van der Waals surface area contributed by atoms with Crippen molar-refractivity contribution < 1.29 is 22.7 Å². The van der Waals surface area contributed by atoms with Crippen molar-refractivity contribution in [2.75, 3.05) is 11.1 Å². The van der Waals surface area contributed by atoms with E-state index >= 15 is 0 Å². The monoisotopic (exact) mass is 518 g/mol. The topological polar surface area (TPSA) is 69.0 Å². The number of nitrogens with zero attached hydrogens (tertiary/aromatic N) is 3. The highest BCUT2D eigenvalue weighted by Crippen LogP contribution is 2.31. The van der Waals surface area contributed by atoms with Crippen LogP contribution < -0.4 is 10.1 Å². The maximum Gasteiger partial charge on any atom is 0.416 e. The van der Waals surface area contributed by atoms with Gasteiger partial charge in [-0.05, 0) is 54.6 Å². The van der Waals surface area contributed by atoms with Gasteiger partial charge in [0, 0.05) is 16.4 Å². The van der Waals surface area contributed by atoms with Crippen molar-refractivity contribution >= 4 is 35.0 Å². The van der Waals surface area contributed by atoms with Gasteiger partial charge in [-0.2, -0.15) is 13.2 Å². The van der Waals surface area contributed by atoms with Crippen molar-refractivity contribution in [3.8, 4) is 11.4 Å². The van der Waals surface area contributed by atoms with Crippen molar-refractivity contribution in [3.63, 3.8) is 0 Å². The molecule has 1 heterocycles. The number of anilines is 1. The van der Waals surface area contributed by atoms with Gasteiger partial charge in [-0.25, -0.2) is 0 Å². The molecule has 3 aromatic carbocycles. The number of aromatic nitrogens is 3. The third kappa shape index (κ3) is 6.55. The summed E-state index contributed by atoms with van der Waals surface area (Å²) in [6.07, 6.45) is -4.50. The number of carbonyl (C=O) groups is 1. The summed E-state index contributed by atoms with van der Waals surface area (Å²) in [7, 11) is 0. The van der Waals surface area contributed by atoms with Crippen LogP contribution in [-0.4, -0.2) is 26.4 Å². The molecule has 0 atom stereocenters. The van der Waals surface area contributed by atoms with E-state index in [9.17, 15) is 18.0 Å². The number of nitrogens with one attached hydrogen (secondary N) is 1. The van der Waals surface area contributed by atoms with Gasteiger partial charge < -0.3 is 10.1 Å². The summed E-state index contributed by atoms with van der Waals surface area (Å²) in [5.74, 6) is 0.577. The lowest BCUT2D eigenvalue weighted by atomic mass is 10.2. The van der Waals surface area contributed by atoms with Crippen molar-refractivity contribution in [2.45, 2.75) is 17.9 Å². The standard InChI is InChI=1S/C24H18ClF3N4O2S/c25-17-9-11-19(12-10-17)32-21(14-34-20-7-2-1-3-8-20)30-31-23(32)35-15-22(33)29-18-6-4-5-16(13-18)24(26,27)28/h1-13H,14-15H2,(H,29,33). The zero-order valence-electron chi connectivity index (χ0n) is 18.0. The van der Waals surface area contributed by atoms with E-state index in [-0.39, 0.29) is 18.0 Å². The molecule has 0 radical (unpaired) electrons. The van der Waals surface area contributed by atoms with Gasteiger partial charge in [0.05, 0.1) is 11.3 Å². The number of amides is 1. The number of thioether (sulfide) groups is 1. The fourth-order valence-corrected chi connectivity index (χ4v) is 4.00. The Morgan fingerprint density at radius 3 is 2.46 bits per heavy atom. The first-order valence-electron chi connectivity index (χ1n) is 10.3. The van der Waals surface area contributed by atoms with Gasteiger partial charge in [-0.15, -0.1) is 10.2 Å². The van der Waals surface area contributed by atoms with Crippen molar-refractivity contribution in [2.24, 2.45) is 0 Å². The van der Waals surface area contributed by atoms with Gasteiger partial charge in [0.2, 0.25) is 5.91 Å². The first-order valence-corrected chi connectivity index (χ1v) is 11.6. The second-order valence-corrected chi connectivity index (χ2v) is 8.61. The van der Waals surface area contributed by atoms with Crippen molar-refractivity contribution in [1.82, 2.24) is 14.8 Å². The van der Waals surface area contributed by atoms with Crippen LogP contribution in [0.1, 0.15) is 11.4 Å². The fourth-order valence-electron chi connectivity index (χ4n) is 3.10. The number of para-hydroxylation sites is 1. The normalized spacial score (nSPS) is 11.3. The van der Waals surface area contributed by atoms with Crippen LogP contribution in [0.15, 0.2) is 84.0 Å². The lowest BCUT2D eigenvalue weighted by Gasteiger charge is -2.12. The van der Waals surface area contributed by atoms with Crippen LogP contribution in [0, 0.1) is 0 Å². The second kappa shape index (κ2) is 10.8. The number of benzene rings is 3. The van der Waals surface area contributed by atoms with Crippen molar-refractivity contribution in [1.29, 1.82) is 0 Å². The number of carbonyl (C=O) groups excluding carboxylic acids is 1. The Bertz CT molecular complexity index is 1300. The molecule has 1 aromatic heterocycles. The van der Waals surface area contributed by atoms with Crippen LogP contribution in [0.4, 0.5) is 18.9 Å². The van der Waals surface area contributed by atoms with Crippen LogP contribution in [0.2, 0.25) is 5.02 Å². The molecule has 1 N–H and O–H groups in total. The van der Waals surface area contributed by atoms with Gasteiger partial charge in [-0.1, -0.05) is 47.6 Å². The lowest BCUT2D eigenvalue weighted by molar-refractivity contribution is -0.137. The van der Waals surface area contributed by atoms with Crippen LogP contribution in [0.3, 0.4) is 0 Å². The van der Waals surface area contributed by atoms with E-state index in [2.05, 4.69) is 15.5 Å². The highest BCUT2D eigenvalue weighted by molar-refractivity contribution is 7.99. The molecule has 35 heavy (non-hydrogen) atoms. The number of rotatable bonds is 8. The molecule has 0 saturated carbocycles. The summed E-state index contributed by atoms with van der Waals surface area (Å²) >= 11 is 7.11. The summed E-state index contributed by atoms with van der Waals surface area (Å²) in [5, 5.41) is 11.8. The molecule has 0 fully saturated rings. The SMILES string of the molecule is O=C(CSc1nnc(COc2ccccc2)n1-c1ccc(Cl)cc1)Nc1cccc(C(F)(F)F)c1. The number of alkyl halides is 3. The molecular weight excluding hydrogens is 501 g/mol. The van der Waals surface area contributed by atoms with Crippen LogP contribution >= 0.6 is 23.4 Å². The molecular formula is C24H18ClF3N4O2S. The van der Waals surface area contributed by atoms with E-state index in [1.165, 1.54) is 12.1 Å². The summed E-state index contributed by atoms with van der Waals surface area (Å²) in [6, 6.07) is 20.7. The summed E-state index contributed by atoms with van der Waals surface area (Å²) < 4.78 is 46.3. The third-order valence-corrected chi connectivity index (χ3v) is 5.88. The molecule has 0 bridgehead atoms. The van der Waals surface area contributed by atoms with Gasteiger partial charge in [0.1, 0.15) is 12.4 Å².